The van der Waals surface area contributed by atoms with Crippen molar-refractivity contribution in [3.05, 3.63) is 58.6 Å². The van der Waals surface area contributed by atoms with E-state index in [0.29, 0.717) is 0 Å². The van der Waals surface area contributed by atoms with Gasteiger partial charge < -0.3 is 9.84 Å². The van der Waals surface area contributed by atoms with E-state index in [1.807, 2.05) is 0 Å². The van der Waals surface area contributed by atoms with Crippen LogP contribution in [0.3, 0.4) is 0 Å². The summed E-state index contributed by atoms with van der Waals surface area (Å²) in [6, 6.07) is 8.64. The lowest BCUT2D eigenvalue weighted by atomic mass is 10.1. The van der Waals surface area contributed by atoms with Crippen LogP contribution in [0.25, 0.3) is 0 Å². The first-order chi connectivity index (χ1) is 9.80. The van der Waals surface area contributed by atoms with Gasteiger partial charge in [-0.05, 0) is 24.3 Å². The van der Waals surface area contributed by atoms with Crippen molar-refractivity contribution in [3.8, 4) is 11.5 Å². The lowest BCUT2D eigenvalue weighted by molar-refractivity contribution is -0.138. The van der Waals surface area contributed by atoms with E-state index in [0.717, 1.165) is 18.2 Å². The summed E-state index contributed by atoms with van der Waals surface area (Å²) in [6.07, 6.45) is -4.75. The molecule has 0 spiro atoms. The lowest BCUT2D eigenvalue weighted by Crippen LogP contribution is -2.11. The van der Waals surface area contributed by atoms with Crippen LogP contribution in [0.1, 0.15) is 15.9 Å². The highest BCUT2D eigenvalue weighted by molar-refractivity contribution is 6.32. The third-order valence-electron chi connectivity index (χ3n) is 2.60. The molecule has 2 aromatic carbocycles. The molecular formula is C14H8ClF3O3. The van der Waals surface area contributed by atoms with Gasteiger partial charge in [-0.2, -0.15) is 13.2 Å². The van der Waals surface area contributed by atoms with Crippen LogP contribution in [-0.2, 0) is 6.18 Å². The number of carboxylic acids is 1. The van der Waals surface area contributed by atoms with E-state index in [2.05, 4.69) is 0 Å². The monoisotopic (exact) mass is 316 g/mol. The number of ether oxygens (including phenoxy) is 1. The summed E-state index contributed by atoms with van der Waals surface area (Å²) in [6.45, 7) is 0. The summed E-state index contributed by atoms with van der Waals surface area (Å²) < 4.78 is 44.1. The second kappa shape index (κ2) is 5.65. The van der Waals surface area contributed by atoms with Crippen LogP contribution >= 0.6 is 11.6 Å². The van der Waals surface area contributed by atoms with Gasteiger partial charge in [0.15, 0.2) is 5.75 Å². The molecule has 0 aromatic heterocycles. The summed E-state index contributed by atoms with van der Waals surface area (Å²) >= 11 is 5.82. The van der Waals surface area contributed by atoms with Crippen molar-refractivity contribution in [2.75, 3.05) is 0 Å². The fourth-order valence-corrected chi connectivity index (χ4v) is 1.85. The third kappa shape index (κ3) is 3.28. The molecule has 3 nitrogen and oxygen atoms in total. The smallest absolute Gasteiger partial charge is 0.420 e. The maximum atomic E-state index is 13.0. The fourth-order valence-electron chi connectivity index (χ4n) is 1.68. The Morgan fingerprint density at radius 3 is 2.33 bits per heavy atom. The quantitative estimate of drug-likeness (QED) is 0.880. The van der Waals surface area contributed by atoms with Gasteiger partial charge in [-0.1, -0.05) is 29.8 Å². The van der Waals surface area contributed by atoms with Crippen LogP contribution in [0.15, 0.2) is 42.5 Å². The molecule has 0 aliphatic carbocycles. The molecule has 0 saturated carbocycles. The molecule has 2 rings (SSSR count). The largest absolute Gasteiger partial charge is 0.478 e. The van der Waals surface area contributed by atoms with Gasteiger partial charge in [-0.3, -0.25) is 0 Å². The summed E-state index contributed by atoms with van der Waals surface area (Å²) in [4.78, 5) is 11.1. The molecule has 0 saturated heterocycles. The second-order valence-electron chi connectivity index (χ2n) is 4.02. The Morgan fingerprint density at radius 1 is 1.10 bits per heavy atom. The number of carboxylic acid groups (broad SMARTS) is 1. The highest BCUT2D eigenvalue weighted by atomic mass is 35.5. The molecule has 7 heteroatoms. The Hall–Kier alpha value is -2.21. The summed E-state index contributed by atoms with van der Waals surface area (Å²) in [7, 11) is 0. The molecule has 0 aliphatic rings. The van der Waals surface area contributed by atoms with Crippen LogP contribution in [0, 0.1) is 0 Å². The molecule has 110 valence electrons. The van der Waals surface area contributed by atoms with E-state index < -0.39 is 29.0 Å². The summed E-state index contributed by atoms with van der Waals surface area (Å²) in [5.74, 6) is -2.37. The van der Waals surface area contributed by atoms with Crippen LogP contribution < -0.4 is 4.74 Å². The first-order valence-electron chi connectivity index (χ1n) is 5.66. The SMILES string of the molecule is O=C(O)c1cccc(C(F)(F)F)c1Oc1ccccc1Cl. The molecule has 0 heterocycles. The topological polar surface area (TPSA) is 46.5 Å². The van der Waals surface area contributed by atoms with Gasteiger partial charge in [0.25, 0.3) is 0 Å². The number of carbonyl (C=O) groups is 1. The highest BCUT2D eigenvalue weighted by Crippen LogP contribution is 2.41. The zero-order valence-electron chi connectivity index (χ0n) is 10.3. The Bertz CT molecular complexity index is 683. The molecule has 0 atom stereocenters. The van der Waals surface area contributed by atoms with Crippen LogP contribution in [0.5, 0.6) is 11.5 Å². The predicted octanol–water partition coefficient (Wildman–Crippen LogP) is 4.85. The van der Waals surface area contributed by atoms with Gasteiger partial charge in [-0.15, -0.1) is 0 Å². The van der Waals surface area contributed by atoms with E-state index >= 15 is 0 Å². The molecule has 2 aromatic rings. The number of hydrogen-bond acceptors (Lipinski definition) is 2. The van der Waals surface area contributed by atoms with Crippen molar-refractivity contribution >= 4 is 17.6 Å². The van der Waals surface area contributed by atoms with Crippen LogP contribution in [-0.4, -0.2) is 11.1 Å². The van der Waals surface area contributed by atoms with Crippen molar-refractivity contribution in [3.63, 3.8) is 0 Å². The first-order valence-corrected chi connectivity index (χ1v) is 6.04. The molecule has 21 heavy (non-hydrogen) atoms. The highest BCUT2D eigenvalue weighted by Gasteiger charge is 2.36. The van der Waals surface area contributed by atoms with Crippen LogP contribution in [0.4, 0.5) is 13.2 Å². The van der Waals surface area contributed by atoms with Gasteiger partial charge in [0.05, 0.1) is 10.6 Å². The predicted molar refractivity (Wildman–Crippen MR) is 69.9 cm³/mol. The minimum absolute atomic E-state index is 0.0571. The van der Waals surface area contributed by atoms with Gasteiger partial charge in [-0.25, -0.2) is 4.79 Å². The van der Waals surface area contributed by atoms with E-state index in [1.165, 1.54) is 18.2 Å². The zero-order chi connectivity index (χ0) is 15.6. The van der Waals surface area contributed by atoms with E-state index in [1.54, 1.807) is 6.07 Å². The minimum Gasteiger partial charge on any atom is -0.478 e. The summed E-state index contributed by atoms with van der Waals surface area (Å²) in [5, 5.41) is 9.10. The molecule has 0 radical (unpaired) electrons. The van der Waals surface area contributed by atoms with Gasteiger partial charge in [0.1, 0.15) is 11.3 Å². The van der Waals surface area contributed by atoms with Gasteiger partial charge in [0, 0.05) is 0 Å². The Balaban J connectivity index is 2.60. The number of benzene rings is 2. The van der Waals surface area contributed by atoms with Crippen molar-refractivity contribution in [1.82, 2.24) is 0 Å². The van der Waals surface area contributed by atoms with Crippen molar-refractivity contribution in [1.29, 1.82) is 0 Å². The fraction of sp³-hybridized carbons (Fsp3) is 0.0714. The lowest BCUT2D eigenvalue weighted by Gasteiger charge is -2.16. The molecular weight excluding hydrogens is 309 g/mol. The third-order valence-corrected chi connectivity index (χ3v) is 2.91. The number of rotatable bonds is 3. The maximum Gasteiger partial charge on any atom is 0.420 e. The van der Waals surface area contributed by atoms with E-state index in [-0.39, 0.29) is 10.8 Å². The summed E-state index contributed by atoms with van der Waals surface area (Å²) in [5.41, 5.74) is -1.77. The van der Waals surface area contributed by atoms with Crippen molar-refractivity contribution in [2.45, 2.75) is 6.18 Å². The number of hydrogen-bond donors (Lipinski definition) is 1. The molecule has 1 N–H and O–H groups in total. The van der Waals surface area contributed by atoms with Crippen molar-refractivity contribution < 1.29 is 27.8 Å². The number of halogens is 4. The van der Waals surface area contributed by atoms with E-state index in [9.17, 15) is 18.0 Å². The maximum absolute atomic E-state index is 13.0. The average molecular weight is 317 g/mol. The molecule has 0 fully saturated rings. The molecule has 0 bridgehead atoms. The number of alkyl halides is 3. The van der Waals surface area contributed by atoms with Crippen LogP contribution in [0.2, 0.25) is 5.02 Å². The van der Waals surface area contributed by atoms with Gasteiger partial charge >= 0.3 is 12.1 Å². The van der Waals surface area contributed by atoms with Gasteiger partial charge in [0.2, 0.25) is 0 Å². The second-order valence-corrected chi connectivity index (χ2v) is 4.42. The average Bonchev–Trinajstić information content (AvgIpc) is 2.40. The normalized spacial score (nSPS) is 11.2. The molecule has 0 amide bonds. The molecule has 0 unspecified atom stereocenters. The Morgan fingerprint density at radius 2 is 1.76 bits per heavy atom. The minimum atomic E-state index is -4.75. The number of aromatic carboxylic acids is 1. The van der Waals surface area contributed by atoms with Crippen molar-refractivity contribution in [2.24, 2.45) is 0 Å². The standard InChI is InChI=1S/C14H8ClF3O3/c15-10-6-1-2-7-11(10)21-12-8(13(19)20)4-3-5-9(12)14(16,17)18/h1-7H,(H,19,20). The first kappa shape index (κ1) is 15.2. The Kier molecular flexibility index (Phi) is 4.09. The number of para-hydroxylation sites is 2. The molecule has 0 aliphatic heterocycles. The zero-order valence-corrected chi connectivity index (χ0v) is 11.1. The Labute approximate surface area is 122 Å². The van der Waals surface area contributed by atoms with E-state index in [4.69, 9.17) is 21.4 Å².